The molecule has 0 unspecified atom stereocenters. The van der Waals surface area contributed by atoms with Gasteiger partial charge in [0.05, 0.1) is 13.2 Å². The fraction of sp³-hybridized carbons (Fsp3) is 0.263. The van der Waals surface area contributed by atoms with Gasteiger partial charge in [0.15, 0.2) is 5.75 Å². The summed E-state index contributed by atoms with van der Waals surface area (Å²) in [6.45, 7) is 4.23. The SMILES string of the molecule is O=C(Oc1ccc(CN2CCOCC2)c2cccnc12)c1cccs1. The van der Waals surface area contributed by atoms with Gasteiger partial charge >= 0.3 is 5.97 Å². The van der Waals surface area contributed by atoms with Crippen molar-refractivity contribution < 1.29 is 14.3 Å². The third-order valence-corrected chi connectivity index (χ3v) is 5.10. The lowest BCUT2D eigenvalue weighted by Crippen LogP contribution is -2.35. The lowest BCUT2D eigenvalue weighted by atomic mass is 10.1. The maximum Gasteiger partial charge on any atom is 0.353 e. The molecule has 0 spiro atoms. The van der Waals surface area contributed by atoms with Crippen LogP contribution in [0.3, 0.4) is 0 Å². The first kappa shape index (κ1) is 16.2. The summed E-state index contributed by atoms with van der Waals surface area (Å²) in [5.74, 6) is 0.155. The number of hydrogen-bond donors (Lipinski definition) is 0. The predicted molar refractivity (Wildman–Crippen MR) is 97.1 cm³/mol. The number of carbonyl (C=O) groups is 1. The quantitative estimate of drug-likeness (QED) is 0.531. The Bertz CT molecular complexity index is 874. The van der Waals surface area contributed by atoms with Crippen molar-refractivity contribution in [1.82, 2.24) is 9.88 Å². The molecule has 0 N–H and O–H groups in total. The van der Waals surface area contributed by atoms with E-state index in [4.69, 9.17) is 9.47 Å². The zero-order valence-electron chi connectivity index (χ0n) is 13.7. The Balaban J connectivity index is 1.63. The van der Waals surface area contributed by atoms with Crippen molar-refractivity contribution in [3.05, 3.63) is 58.4 Å². The number of fused-ring (bicyclic) bond motifs is 1. The Morgan fingerprint density at radius 2 is 2.08 bits per heavy atom. The fourth-order valence-corrected chi connectivity index (χ4v) is 3.57. The number of aromatic nitrogens is 1. The van der Waals surface area contributed by atoms with Crippen molar-refractivity contribution in [2.24, 2.45) is 0 Å². The molecule has 3 aromatic rings. The fourth-order valence-electron chi connectivity index (χ4n) is 2.97. The summed E-state index contributed by atoms with van der Waals surface area (Å²) in [6.07, 6.45) is 1.73. The van der Waals surface area contributed by atoms with Gasteiger partial charge in [0, 0.05) is 31.2 Å². The first-order chi connectivity index (χ1) is 12.3. The molecule has 3 heterocycles. The standard InChI is InChI=1S/C19H18N2O3S/c22-19(17-4-2-12-25-17)24-16-6-5-14(13-21-8-10-23-11-9-21)15-3-1-7-20-18(15)16/h1-7,12H,8-11,13H2. The number of nitrogens with zero attached hydrogens (tertiary/aromatic N) is 2. The van der Waals surface area contributed by atoms with Gasteiger partial charge in [0.1, 0.15) is 10.4 Å². The molecule has 1 fully saturated rings. The first-order valence-corrected chi connectivity index (χ1v) is 9.11. The number of ether oxygens (including phenoxy) is 2. The van der Waals surface area contributed by atoms with Gasteiger partial charge in [0.25, 0.3) is 0 Å². The highest BCUT2D eigenvalue weighted by atomic mass is 32.1. The van der Waals surface area contributed by atoms with Crippen molar-refractivity contribution in [2.75, 3.05) is 26.3 Å². The van der Waals surface area contributed by atoms with E-state index >= 15 is 0 Å². The van der Waals surface area contributed by atoms with Crippen LogP contribution >= 0.6 is 11.3 Å². The van der Waals surface area contributed by atoms with E-state index in [1.54, 1.807) is 12.3 Å². The molecule has 0 amide bonds. The molecular weight excluding hydrogens is 336 g/mol. The van der Waals surface area contributed by atoms with Crippen molar-refractivity contribution in [3.63, 3.8) is 0 Å². The second kappa shape index (κ2) is 7.31. The van der Waals surface area contributed by atoms with Crippen LogP contribution in [0.15, 0.2) is 48.0 Å². The molecular formula is C19H18N2O3S. The Hall–Kier alpha value is -2.28. The molecule has 5 nitrogen and oxygen atoms in total. The second-order valence-corrected chi connectivity index (χ2v) is 6.83. The molecule has 2 aromatic heterocycles. The lowest BCUT2D eigenvalue weighted by molar-refractivity contribution is 0.0343. The van der Waals surface area contributed by atoms with Crippen molar-refractivity contribution in [2.45, 2.75) is 6.54 Å². The summed E-state index contributed by atoms with van der Waals surface area (Å²) in [6, 6.07) is 11.4. The number of hydrogen-bond acceptors (Lipinski definition) is 6. The van der Waals surface area contributed by atoms with Crippen LogP contribution < -0.4 is 4.74 Å². The first-order valence-electron chi connectivity index (χ1n) is 8.23. The molecule has 25 heavy (non-hydrogen) atoms. The highest BCUT2D eigenvalue weighted by Crippen LogP contribution is 2.28. The summed E-state index contributed by atoms with van der Waals surface area (Å²) in [7, 11) is 0. The summed E-state index contributed by atoms with van der Waals surface area (Å²) in [5, 5.41) is 2.88. The van der Waals surface area contributed by atoms with Crippen LogP contribution in [0, 0.1) is 0 Å². The number of esters is 1. The molecule has 0 radical (unpaired) electrons. The molecule has 0 bridgehead atoms. The molecule has 128 valence electrons. The van der Waals surface area contributed by atoms with Crippen molar-refractivity contribution in [3.8, 4) is 5.75 Å². The van der Waals surface area contributed by atoms with Crippen molar-refractivity contribution >= 4 is 28.2 Å². The molecule has 6 heteroatoms. The Morgan fingerprint density at radius 3 is 2.88 bits per heavy atom. The third-order valence-electron chi connectivity index (χ3n) is 4.25. The average Bonchev–Trinajstić information content (AvgIpc) is 3.19. The zero-order chi connectivity index (χ0) is 17.1. The number of carbonyl (C=O) groups excluding carboxylic acids is 1. The van der Waals surface area contributed by atoms with Gasteiger partial charge in [-0.3, -0.25) is 9.88 Å². The molecule has 1 aromatic carbocycles. The molecule has 1 saturated heterocycles. The molecule has 0 aliphatic carbocycles. The predicted octanol–water partition coefficient (Wildman–Crippen LogP) is 3.35. The molecule has 0 atom stereocenters. The lowest BCUT2D eigenvalue weighted by Gasteiger charge is -2.27. The van der Waals surface area contributed by atoms with E-state index in [1.807, 2.05) is 35.7 Å². The van der Waals surface area contributed by atoms with Crippen LogP contribution in [-0.4, -0.2) is 42.2 Å². The number of rotatable bonds is 4. The number of benzene rings is 1. The van der Waals surface area contributed by atoms with Gasteiger partial charge in [-0.25, -0.2) is 4.79 Å². The smallest absolute Gasteiger partial charge is 0.353 e. The monoisotopic (exact) mass is 354 g/mol. The van der Waals surface area contributed by atoms with Crippen LogP contribution in [0.2, 0.25) is 0 Å². The molecule has 0 saturated carbocycles. The van der Waals surface area contributed by atoms with Gasteiger partial charge < -0.3 is 9.47 Å². The summed E-state index contributed by atoms with van der Waals surface area (Å²) < 4.78 is 11.0. The minimum atomic E-state index is -0.345. The van der Waals surface area contributed by atoms with E-state index in [9.17, 15) is 4.79 Å². The van der Waals surface area contributed by atoms with E-state index in [2.05, 4.69) is 9.88 Å². The van der Waals surface area contributed by atoms with Crippen LogP contribution in [0.25, 0.3) is 10.9 Å². The van der Waals surface area contributed by atoms with E-state index < -0.39 is 0 Å². The van der Waals surface area contributed by atoms with Crippen LogP contribution in [-0.2, 0) is 11.3 Å². The second-order valence-electron chi connectivity index (χ2n) is 5.88. The Morgan fingerprint density at radius 1 is 1.20 bits per heavy atom. The van der Waals surface area contributed by atoms with Gasteiger partial charge in [-0.05, 0) is 29.1 Å². The minimum absolute atomic E-state index is 0.345. The maximum atomic E-state index is 12.3. The highest BCUT2D eigenvalue weighted by Gasteiger charge is 2.16. The highest BCUT2D eigenvalue weighted by molar-refractivity contribution is 7.12. The third kappa shape index (κ3) is 3.56. The van der Waals surface area contributed by atoms with Crippen molar-refractivity contribution in [1.29, 1.82) is 0 Å². The molecule has 1 aliphatic heterocycles. The number of thiophene rings is 1. The van der Waals surface area contributed by atoms with E-state index in [0.29, 0.717) is 10.6 Å². The summed E-state index contributed by atoms with van der Waals surface area (Å²) in [4.78, 5) is 19.7. The van der Waals surface area contributed by atoms with Crippen LogP contribution in [0.1, 0.15) is 15.2 Å². The minimum Gasteiger partial charge on any atom is -0.420 e. The van der Waals surface area contributed by atoms with Gasteiger partial charge in [-0.15, -0.1) is 11.3 Å². The van der Waals surface area contributed by atoms with Gasteiger partial charge in [-0.1, -0.05) is 18.2 Å². The molecule has 4 rings (SSSR count). The van der Waals surface area contributed by atoms with E-state index in [1.165, 1.54) is 16.9 Å². The Kier molecular flexibility index (Phi) is 4.74. The summed E-state index contributed by atoms with van der Waals surface area (Å²) in [5.41, 5.74) is 1.90. The topological polar surface area (TPSA) is 51.7 Å². The largest absolute Gasteiger partial charge is 0.420 e. The van der Waals surface area contributed by atoms with Gasteiger partial charge in [-0.2, -0.15) is 0 Å². The molecule has 1 aliphatic rings. The maximum absolute atomic E-state index is 12.3. The summed E-state index contributed by atoms with van der Waals surface area (Å²) >= 11 is 1.37. The van der Waals surface area contributed by atoms with Crippen LogP contribution in [0.4, 0.5) is 0 Å². The number of pyridine rings is 1. The number of morpholine rings is 1. The zero-order valence-corrected chi connectivity index (χ0v) is 14.5. The average molecular weight is 354 g/mol. The van der Waals surface area contributed by atoms with E-state index in [-0.39, 0.29) is 5.97 Å². The Labute approximate surface area is 149 Å². The van der Waals surface area contributed by atoms with Gasteiger partial charge in [0.2, 0.25) is 0 Å². The normalized spacial score (nSPS) is 15.4. The van der Waals surface area contributed by atoms with E-state index in [0.717, 1.165) is 43.8 Å². The van der Waals surface area contributed by atoms with Crippen LogP contribution in [0.5, 0.6) is 5.75 Å².